The number of anilines is 1. The van der Waals surface area contributed by atoms with Gasteiger partial charge in [0, 0.05) is 5.69 Å². The Balaban J connectivity index is 2.00. The first-order chi connectivity index (χ1) is 11.2. The lowest BCUT2D eigenvalue weighted by molar-refractivity contribution is 0.0735. The summed E-state index contributed by atoms with van der Waals surface area (Å²) in [6, 6.07) is 14.2. The van der Waals surface area contributed by atoms with Gasteiger partial charge in [0.2, 0.25) is 0 Å². The van der Waals surface area contributed by atoms with E-state index in [4.69, 9.17) is 15.9 Å². The molecule has 0 saturated heterocycles. The van der Waals surface area contributed by atoms with Crippen molar-refractivity contribution < 1.29 is 9.53 Å². The third-order valence-corrected chi connectivity index (χ3v) is 3.27. The molecule has 0 heterocycles. The topological polar surface area (TPSA) is 88.2 Å². The summed E-state index contributed by atoms with van der Waals surface area (Å²) in [4.78, 5) is 12.2. The van der Waals surface area contributed by atoms with E-state index >= 15 is 0 Å². The highest BCUT2D eigenvalue weighted by Gasteiger charge is 2.14. The molecule has 0 aliphatic heterocycles. The van der Waals surface area contributed by atoms with Crippen molar-refractivity contribution in [3.05, 3.63) is 54.1 Å². The molecule has 5 nitrogen and oxygen atoms in total. The predicted octanol–water partition coefficient (Wildman–Crippen LogP) is 2.49. The van der Waals surface area contributed by atoms with Crippen LogP contribution in [0, 0.1) is 5.41 Å². The Hall–Kier alpha value is -2.76. The van der Waals surface area contributed by atoms with E-state index in [0.29, 0.717) is 17.0 Å². The number of nitrogens with two attached hydrogens (primary N) is 1. The van der Waals surface area contributed by atoms with Crippen LogP contribution >= 0.6 is 0 Å². The minimum atomic E-state index is -0.399. The summed E-state index contributed by atoms with van der Waals surface area (Å²) in [7, 11) is 0.951. The molecule has 0 bridgehead atoms. The molecule has 0 atom stereocenters. The van der Waals surface area contributed by atoms with Gasteiger partial charge in [-0.25, -0.2) is 4.79 Å². The summed E-state index contributed by atoms with van der Waals surface area (Å²) in [5.74, 6) is -0.104. The molecule has 6 heteroatoms. The minimum absolute atomic E-state index is 0.143. The summed E-state index contributed by atoms with van der Waals surface area (Å²) in [6.07, 6.45) is 0. The number of rotatable bonds is 4. The molecule has 0 fully saturated rings. The summed E-state index contributed by atoms with van der Waals surface area (Å²) < 4.78 is 5.35. The number of carbonyl (C=O) groups excluding carboxylic acids is 1. The zero-order chi connectivity index (χ0) is 17.7. The molecule has 0 spiro atoms. The van der Waals surface area contributed by atoms with Crippen LogP contribution in [0.5, 0.6) is 5.75 Å². The van der Waals surface area contributed by atoms with Crippen LogP contribution in [-0.2, 0) is 0 Å². The van der Waals surface area contributed by atoms with Crippen LogP contribution in [0.15, 0.2) is 48.5 Å². The highest BCUT2D eigenvalue weighted by Crippen LogP contribution is 2.20. The number of hydrogen-bond acceptors (Lipinski definition) is 3. The molecule has 24 heavy (non-hydrogen) atoms. The first-order valence-electron chi connectivity index (χ1n) is 7.75. The molecule has 0 saturated carbocycles. The van der Waals surface area contributed by atoms with Crippen molar-refractivity contribution >= 4 is 30.4 Å². The highest BCUT2D eigenvalue weighted by atomic mass is 16.5. The summed E-state index contributed by atoms with van der Waals surface area (Å²) in [6.45, 7) is 6.54. The summed E-state index contributed by atoms with van der Waals surface area (Å²) in [5, 5.41) is 10.0. The maximum atomic E-state index is 12.2. The number of guanidine groups is 1. The molecule has 2 aromatic carbocycles. The van der Waals surface area contributed by atoms with E-state index in [1.165, 1.54) is 5.46 Å². The van der Waals surface area contributed by atoms with E-state index in [1.807, 2.05) is 12.1 Å². The van der Waals surface area contributed by atoms with E-state index in [2.05, 4.69) is 26.1 Å². The summed E-state index contributed by atoms with van der Waals surface area (Å²) in [5.41, 5.74) is 7.62. The minimum Gasteiger partial charge on any atom is -0.423 e. The molecule has 0 aromatic heterocycles. The highest BCUT2D eigenvalue weighted by molar-refractivity contribution is 6.56. The monoisotopic (exact) mass is 323 g/mol. The van der Waals surface area contributed by atoms with Crippen molar-refractivity contribution in [2.75, 3.05) is 5.32 Å². The Morgan fingerprint density at radius 1 is 1.08 bits per heavy atom. The number of hydrogen-bond donors (Lipinski definition) is 3. The van der Waals surface area contributed by atoms with Gasteiger partial charge in [0.15, 0.2) is 13.2 Å². The van der Waals surface area contributed by atoms with E-state index in [0.717, 1.165) is 7.28 Å². The quantitative estimate of drug-likeness (QED) is 0.265. The standard InChI is InChI=1S/C18H22BN3O2/c1-18(2,3)19-13-6-4-12(5-7-13)16(23)24-15-10-8-14(9-11-15)22-17(20)21/h4-11,19H,1-3H3,(H4,20,21,22). The van der Waals surface area contributed by atoms with E-state index in [9.17, 15) is 4.79 Å². The molecule has 4 N–H and O–H groups in total. The van der Waals surface area contributed by atoms with Crippen LogP contribution in [0.3, 0.4) is 0 Å². The van der Waals surface area contributed by atoms with Crippen LogP contribution in [0.2, 0.25) is 5.31 Å². The summed E-state index contributed by atoms with van der Waals surface area (Å²) >= 11 is 0. The van der Waals surface area contributed by atoms with Crippen LogP contribution in [0.25, 0.3) is 0 Å². The fraction of sp³-hybridized carbons (Fsp3) is 0.222. The van der Waals surface area contributed by atoms with Crippen molar-refractivity contribution in [3.63, 3.8) is 0 Å². The average molecular weight is 323 g/mol. The van der Waals surface area contributed by atoms with Crippen molar-refractivity contribution in [1.29, 1.82) is 5.41 Å². The van der Waals surface area contributed by atoms with E-state index in [-0.39, 0.29) is 11.3 Å². The molecule has 0 amide bonds. The van der Waals surface area contributed by atoms with Gasteiger partial charge in [0.25, 0.3) is 0 Å². The van der Waals surface area contributed by atoms with Gasteiger partial charge in [-0.1, -0.05) is 43.7 Å². The molecular weight excluding hydrogens is 301 g/mol. The van der Waals surface area contributed by atoms with Gasteiger partial charge in [-0.05, 0) is 36.4 Å². The normalized spacial score (nSPS) is 10.8. The fourth-order valence-corrected chi connectivity index (χ4v) is 2.30. The smallest absolute Gasteiger partial charge is 0.343 e. The van der Waals surface area contributed by atoms with Gasteiger partial charge in [0.05, 0.1) is 5.56 Å². The lowest BCUT2D eigenvalue weighted by atomic mass is 9.51. The number of benzene rings is 2. The Morgan fingerprint density at radius 2 is 1.67 bits per heavy atom. The second-order valence-electron chi connectivity index (χ2n) is 6.89. The largest absolute Gasteiger partial charge is 0.423 e. The Kier molecular flexibility index (Phi) is 5.29. The Morgan fingerprint density at radius 3 is 2.17 bits per heavy atom. The Bertz CT molecular complexity index is 719. The van der Waals surface area contributed by atoms with E-state index < -0.39 is 5.97 Å². The molecule has 0 radical (unpaired) electrons. The third-order valence-electron chi connectivity index (χ3n) is 3.27. The van der Waals surface area contributed by atoms with Crippen LogP contribution < -0.4 is 21.3 Å². The lowest BCUT2D eigenvalue weighted by Gasteiger charge is -2.16. The van der Waals surface area contributed by atoms with Gasteiger partial charge in [-0.3, -0.25) is 5.41 Å². The molecule has 0 unspecified atom stereocenters. The molecule has 124 valence electrons. The zero-order valence-electron chi connectivity index (χ0n) is 14.2. The second-order valence-corrected chi connectivity index (χ2v) is 6.89. The molecule has 0 aliphatic rings. The van der Waals surface area contributed by atoms with Crippen LogP contribution in [-0.4, -0.2) is 19.2 Å². The maximum Gasteiger partial charge on any atom is 0.343 e. The third kappa shape index (κ3) is 5.46. The number of ether oxygens (including phenoxy) is 1. The first-order valence-corrected chi connectivity index (χ1v) is 7.75. The molecule has 2 rings (SSSR count). The fourth-order valence-electron chi connectivity index (χ4n) is 2.30. The van der Waals surface area contributed by atoms with Gasteiger partial charge >= 0.3 is 5.97 Å². The van der Waals surface area contributed by atoms with Gasteiger partial charge in [0.1, 0.15) is 5.75 Å². The van der Waals surface area contributed by atoms with Gasteiger partial charge in [-0.15, -0.1) is 0 Å². The van der Waals surface area contributed by atoms with Crippen LogP contribution in [0.1, 0.15) is 31.1 Å². The second kappa shape index (κ2) is 7.21. The van der Waals surface area contributed by atoms with Gasteiger partial charge < -0.3 is 15.8 Å². The number of carbonyl (C=O) groups is 1. The zero-order valence-corrected chi connectivity index (χ0v) is 14.2. The van der Waals surface area contributed by atoms with Crippen molar-refractivity contribution in [3.8, 4) is 5.75 Å². The number of nitrogens with one attached hydrogen (secondary N) is 2. The van der Waals surface area contributed by atoms with E-state index in [1.54, 1.807) is 36.4 Å². The average Bonchev–Trinajstić information content (AvgIpc) is 2.48. The lowest BCUT2D eigenvalue weighted by Crippen LogP contribution is -2.23. The van der Waals surface area contributed by atoms with Crippen molar-refractivity contribution in [1.82, 2.24) is 0 Å². The molecule has 0 aliphatic carbocycles. The first kappa shape index (κ1) is 17.6. The van der Waals surface area contributed by atoms with Crippen LogP contribution in [0.4, 0.5) is 5.69 Å². The molecule has 2 aromatic rings. The Labute approximate surface area is 143 Å². The maximum absolute atomic E-state index is 12.2. The van der Waals surface area contributed by atoms with Crippen molar-refractivity contribution in [2.24, 2.45) is 5.73 Å². The SMILES string of the molecule is CC(C)(C)Bc1ccc(C(=O)Oc2ccc(NC(=N)N)cc2)cc1. The van der Waals surface area contributed by atoms with Crippen molar-refractivity contribution in [2.45, 2.75) is 26.1 Å². The molecular formula is C18H22BN3O2. The predicted molar refractivity (Wildman–Crippen MR) is 99.9 cm³/mol. The number of esters is 1. The van der Waals surface area contributed by atoms with Gasteiger partial charge in [-0.2, -0.15) is 0 Å².